The largest absolute Gasteiger partial charge is 0.495 e. The van der Waals surface area contributed by atoms with E-state index in [0.29, 0.717) is 23.3 Å². The molecule has 0 radical (unpaired) electrons. The highest BCUT2D eigenvalue weighted by Gasteiger charge is 2.65. The summed E-state index contributed by atoms with van der Waals surface area (Å²) in [4.78, 5) is 0.220. The molecule has 0 aromatic heterocycles. The Morgan fingerprint density at radius 1 is 1.24 bits per heavy atom. The van der Waals surface area contributed by atoms with E-state index in [2.05, 4.69) is 4.72 Å². The standard InChI is InChI=1S/C15H20N2O3S/c1-20-12-5-4-10(7-11(12)16)21(18,19)17-15-13-8-2-3-9(6-8)14(13)15/h4-5,7-9,13-15,17H,2-3,6,16H2,1H3. The van der Waals surface area contributed by atoms with Gasteiger partial charge in [0.1, 0.15) is 5.75 Å². The van der Waals surface area contributed by atoms with Gasteiger partial charge in [-0.3, -0.25) is 0 Å². The summed E-state index contributed by atoms with van der Waals surface area (Å²) in [5, 5.41) is 0. The topological polar surface area (TPSA) is 81.4 Å². The van der Waals surface area contributed by atoms with Gasteiger partial charge in [-0.05, 0) is 61.1 Å². The van der Waals surface area contributed by atoms with Crippen LogP contribution in [0.15, 0.2) is 23.1 Å². The van der Waals surface area contributed by atoms with Gasteiger partial charge < -0.3 is 10.5 Å². The summed E-state index contributed by atoms with van der Waals surface area (Å²) < 4.78 is 32.9. The lowest BCUT2D eigenvalue weighted by Crippen LogP contribution is -2.30. The number of nitrogen functional groups attached to an aromatic ring is 1. The van der Waals surface area contributed by atoms with Crippen LogP contribution in [0.5, 0.6) is 5.75 Å². The Morgan fingerprint density at radius 3 is 2.48 bits per heavy atom. The lowest BCUT2D eigenvalue weighted by atomic mass is 10.0. The molecule has 3 saturated carbocycles. The van der Waals surface area contributed by atoms with Crippen molar-refractivity contribution in [3.8, 4) is 5.75 Å². The number of nitrogens with two attached hydrogens (primary N) is 1. The first kappa shape index (κ1) is 13.4. The van der Waals surface area contributed by atoms with Gasteiger partial charge >= 0.3 is 0 Å². The summed E-state index contributed by atoms with van der Waals surface area (Å²) in [5.74, 6) is 3.14. The molecule has 5 nitrogen and oxygen atoms in total. The van der Waals surface area contributed by atoms with Crippen molar-refractivity contribution in [2.45, 2.75) is 30.2 Å². The second kappa shape index (κ2) is 4.36. The Balaban J connectivity index is 1.54. The highest BCUT2D eigenvalue weighted by Crippen LogP contribution is 2.65. The van der Waals surface area contributed by atoms with Crippen LogP contribution in [-0.4, -0.2) is 21.6 Å². The molecule has 0 heterocycles. The monoisotopic (exact) mass is 308 g/mol. The van der Waals surface area contributed by atoms with Crippen molar-refractivity contribution in [2.24, 2.45) is 23.7 Å². The Labute approximate surface area is 124 Å². The number of methoxy groups -OCH3 is 1. The number of nitrogens with one attached hydrogen (secondary N) is 1. The van der Waals surface area contributed by atoms with Crippen LogP contribution in [0.4, 0.5) is 5.69 Å². The molecule has 0 amide bonds. The second-order valence-electron chi connectivity index (χ2n) is 6.54. The number of sulfonamides is 1. The molecule has 3 fully saturated rings. The average molecular weight is 308 g/mol. The maximum atomic E-state index is 12.5. The molecule has 1 aromatic rings. The number of anilines is 1. The molecular formula is C15H20N2O3S. The molecule has 0 spiro atoms. The van der Waals surface area contributed by atoms with Gasteiger partial charge in [-0.2, -0.15) is 0 Å². The summed E-state index contributed by atoms with van der Waals surface area (Å²) in [6.07, 6.45) is 3.86. The third kappa shape index (κ3) is 1.96. The first-order valence-corrected chi connectivity index (χ1v) is 8.95. The molecule has 3 aliphatic carbocycles. The molecular weight excluding hydrogens is 288 g/mol. The van der Waals surface area contributed by atoms with Crippen molar-refractivity contribution >= 4 is 15.7 Å². The maximum absolute atomic E-state index is 12.5. The third-order valence-electron chi connectivity index (χ3n) is 5.54. The molecule has 21 heavy (non-hydrogen) atoms. The van der Waals surface area contributed by atoms with E-state index in [4.69, 9.17) is 10.5 Å². The molecule has 4 unspecified atom stereocenters. The molecule has 2 bridgehead atoms. The number of rotatable bonds is 4. The zero-order valence-corrected chi connectivity index (χ0v) is 12.8. The van der Waals surface area contributed by atoms with Crippen molar-refractivity contribution < 1.29 is 13.2 Å². The van der Waals surface area contributed by atoms with E-state index < -0.39 is 10.0 Å². The number of fused-ring (bicyclic) bond motifs is 5. The van der Waals surface area contributed by atoms with Crippen molar-refractivity contribution in [3.05, 3.63) is 18.2 Å². The van der Waals surface area contributed by atoms with Gasteiger partial charge in [0, 0.05) is 6.04 Å². The fourth-order valence-electron chi connectivity index (χ4n) is 4.61. The van der Waals surface area contributed by atoms with Crippen molar-refractivity contribution in [2.75, 3.05) is 12.8 Å². The van der Waals surface area contributed by atoms with Gasteiger partial charge in [0.2, 0.25) is 10.0 Å². The van der Waals surface area contributed by atoms with Gasteiger partial charge in [0.25, 0.3) is 0 Å². The van der Waals surface area contributed by atoms with E-state index in [1.807, 2.05) is 0 Å². The summed E-state index contributed by atoms with van der Waals surface area (Å²) >= 11 is 0. The van der Waals surface area contributed by atoms with E-state index in [1.165, 1.54) is 32.4 Å². The van der Waals surface area contributed by atoms with Gasteiger partial charge in [0.05, 0.1) is 17.7 Å². The van der Waals surface area contributed by atoms with Crippen LogP contribution in [0.25, 0.3) is 0 Å². The second-order valence-corrected chi connectivity index (χ2v) is 8.25. The van der Waals surface area contributed by atoms with Crippen LogP contribution in [0.2, 0.25) is 0 Å². The number of benzene rings is 1. The first-order chi connectivity index (χ1) is 10.0. The van der Waals surface area contributed by atoms with E-state index in [9.17, 15) is 8.42 Å². The summed E-state index contributed by atoms with van der Waals surface area (Å²) in [7, 11) is -1.98. The lowest BCUT2D eigenvalue weighted by molar-refractivity contribution is 0.416. The smallest absolute Gasteiger partial charge is 0.240 e. The SMILES string of the molecule is COc1ccc(S(=O)(=O)NC2C3C4CCC(C4)C23)cc1N. The van der Waals surface area contributed by atoms with Crippen LogP contribution >= 0.6 is 0 Å². The van der Waals surface area contributed by atoms with Crippen LogP contribution in [0.3, 0.4) is 0 Å². The van der Waals surface area contributed by atoms with E-state index in [-0.39, 0.29) is 10.9 Å². The Kier molecular flexibility index (Phi) is 2.78. The van der Waals surface area contributed by atoms with Crippen molar-refractivity contribution in [1.82, 2.24) is 4.72 Å². The number of ether oxygens (including phenoxy) is 1. The summed E-state index contributed by atoms with van der Waals surface area (Å²) in [5.41, 5.74) is 6.15. The Bertz CT molecular complexity index is 672. The van der Waals surface area contributed by atoms with E-state index in [1.54, 1.807) is 12.1 Å². The van der Waals surface area contributed by atoms with Gasteiger partial charge in [-0.15, -0.1) is 0 Å². The van der Waals surface area contributed by atoms with Crippen LogP contribution in [0.1, 0.15) is 19.3 Å². The van der Waals surface area contributed by atoms with Crippen molar-refractivity contribution in [3.63, 3.8) is 0 Å². The average Bonchev–Trinajstić information content (AvgIpc) is 2.85. The summed E-state index contributed by atoms with van der Waals surface area (Å²) in [6.45, 7) is 0. The normalized spacial score (nSPS) is 36.5. The minimum atomic E-state index is -3.49. The zero-order chi connectivity index (χ0) is 14.8. The molecule has 4 atom stereocenters. The van der Waals surface area contributed by atoms with Crippen LogP contribution in [-0.2, 0) is 10.0 Å². The number of hydrogen-bond donors (Lipinski definition) is 2. The third-order valence-corrected chi connectivity index (χ3v) is 7.00. The van der Waals surface area contributed by atoms with Crippen LogP contribution in [0, 0.1) is 23.7 Å². The predicted octanol–water partition coefficient (Wildman–Crippen LogP) is 1.60. The molecule has 0 saturated heterocycles. The lowest BCUT2D eigenvalue weighted by Gasteiger charge is -2.12. The Hall–Kier alpha value is -1.27. The molecule has 1 aromatic carbocycles. The molecule has 4 rings (SSSR count). The van der Waals surface area contributed by atoms with E-state index >= 15 is 0 Å². The Morgan fingerprint density at radius 2 is 1.90 bits per heavy atom. The van der Waals surface area contributed by atoms with Gasteiger partial charge in [-0.1, -0.05) is 0 Å². The highest BCUT2D eigenvalue weighted by atomic mass is 32.2. The fourth-order valence-corrected chi connectivity index (χ4v) is 5.95. The van der Waals surface area contributed by atoms with E-state index in [0.717, 1.165) is 11.8 Å². The first-order valence-electron chi connectivity index (χ1n) is 7.47. The molecule has 0 aliphatic heterocycles. The van der Waals surface area contributed by atoms with Crippen LogP contribution < -0.4 is 15.2 Å². The van der Waals surface area contributed by atoms with Crippen molar-refractivity contribution in [1.29, 1.82) is 0 Å². The molecule has 114 valence electrons. The molecule has 3 aliphatic rings. The molecule has 6 heteroatoms. The number of hydrogen-bond acceptors (Lipinski definition) is 4. The quantitative estimate of drug-likeness (QED) is 0.828. The summed E-state index contributed by atoms with van der Waals surface area (Å²) in [6, 6.07) is 4.75. The molecule has 3 N–H and O–H groups in total. The van der Waals surface area contributed by atoms with Gasteiger partial charge in [-0.25, -0.2) is 13.1 Å². The highest BCUT2D eigenvalue weighted by molar-refractivity contribution is 7.89. The fraction of sp³-hybridized carbons (Fsp3) is 0.600. The maximum Gasteiger partial charge on any atom is 0.240 e. The predicted molar refractivity (Wildman–Crippen MR) is 79.3 cm³/mol. The minimum absolute atomic E-state index is 0.143. The van der Waals surface area contributed by atoms with Gasteiger partial charge in [0.15, 0.2) is 0 Å². The minimum Gasteiger partial charge on any atom is -0.495 e. The zero-order valence-electron chi connectivity index (χ0n) is 12.0.